The molecule has 1 heterocycles. The Morgan fingerprint density at radius 1 is 1.18 bits per heavy atom. The summed E-state index contributed by atoms with van der Waals surface area (Å²) in [5, 5.41) is 0.196. The number of carbonyl (C=O) groups excluding carboxylic acids is 1. The number of benzene rings is 2. The fourth-order valence-corrected chi connectivity index (χ4v) is 3.85. The first-order valence-corrected chi connectivity index (χ1v) is 11.3. The molecule has 0 unspecified atom stereocenters. The lowest BCUT2D eigenvalue weighted by molar-refractivity contribution is 0.00645. The Hall–Kier alpha value is -2.86. The molecule has 0 aromatic heterocycles. The first-order valence-electron chi connectivity index (χ1n) is 10.9. The average molecular weight is 474 g/mol. The zero-order valence-electron chi connectivity index (χ0n) is 18.8. The summed E-state index contributed by atoms with van der Waals surface area (Å²) in [6, 6.07) is 7.08. The summed E-state index contributed by atoms with van der Waals surface area (Å²) < 4.78 is 39.2. The lowest BCUT2D eigenvalue weighted by Gasteiger charge is -2.25. The van der Waals surface area contributed by atoms with Gasteiger partial charge in [-0.2, -0.15) is 0 Å². The van der Waals surface area contributed by atoms with E-state index in [1.165, 1.54) is 24.3 Å². The van der Waals surface area contributed by atoms with E-state index in [0.29, 0.717) is 30.5 Å². The Bertz CT molecular complexity index is 1130. The van der Waals surface area contributed by atoms with Crippen LogP contribution < -0.4 is 4.74 Å². The lowest BCUT2D eigenvalue weighted by Crippen LogP contribution is -2.25. The maximum absolute atomic E-state index is 14.9. The van der Waals surface area contributed by atoms with E-state index in [1.807, 2.05) is 17.2 Å². The number of hydrogen-bond acceptors (Lipinski definition) is 4. The number of halogens is 3. The highest BCUT2D eigenvalue weighted by atomic mass is 35.5. The fraction of sp³-hybridized carbons (Fsp3) is 0.346. The number of ether oxygens (including phenoxy) is 2. The first kappa shape index (κ1) is 23.3. The third kappa shape index (κ3) is 5.93. The van der Waals surface area contributed by atoms with E-state index in [1.54, 1.807) is 32.9 Å². The van der Waals surface area contributed by atoms with E-state index in [-0.39, 0.29) is 10.6 Å². The highest BCUT2D eigenvalue weighted by molar-refractivity contribution is 6.32. The van der Waals surface area contributed by atoms with Crippen LogP contribution in [0.1, 0.15) is 61.0 Å². The minimum absolute atomic E-state index is 0.0171. The quantitative estimate of drug-likeness (QED) is 0.435. The molecule has 33 heavy (non-hydrogen) atoms. The van der Waals surface area contributed by atoms with E-state index in [0.717, 1.165) is 24.0 Å². The van der Waals surface area contributed by atoms with Gasteiger partial charge in [-0.3, -0.25) is 0 Å². The van der Waals surface area contributed by atoms with Gasteiger partial charge in [0.25, 0.3) is 0 Å². The second-order valence-electron chi connectivity index (χ2n) is 9.34. The Morgan fingerprint density at radius 3 is 2.55 bits per heavy atom. The summed E-state index contributed by atoms with van der Waals surface area (Å²) in [7, 11) is 0. The second kappa shape index (κ2) is 9.18. The second-order valence-corrected chi connectivity index (χ2v) is 9.74. The number of esters is 1. The predicted molar refractivity (Wildman–Crippen MR) is 123 cm³/mol. The molecule has 1 saturated carbocycles. The van der Waals surface area contributed by atoms with Gasteiger partial charge in [0.2, 0.25) is 0 Å². The first-order chi connectivity index (χ1) is 15.6. The Kier molecular flexibility index (Phi) is 6.48. The molecule has 4 nitrogen and oxygen atoms in total. The standard InChI is InChI=1S/C26H26ClF2NO3/c1-26(2,3)33-25(31)21-14-20(16-4-5-16)17(12-23(21)29)15-30-10-8-19(9-11-30)32-24-7-6-18(28)13-22(24)27/h6-10,12-14,16H,4-5,11,15H2,1-3H3. The van der Waals surface area contributed by atoms with E-state index in [9.17, 15) is 13.6 Å². The van der Waals surface area contributed by atoms with Crippen molar-refractivity contribution in [2.24, 2.45) is 0 Å². The van der Waals surface area contributed by atoms with Crippen molar-refractivity contribution in [3.05, 3.63) is 87.8 Å². The highest BCUT2D eigenvalue weighted by Gasteiger charge is 2.30. The Labute approximate surface area is 197 Å². The van der Waals surface area contributed by atoms with Gasteiger partial charge in [-0.15, -0.1) is 0 Å². The molecular formula is C26H26ClF2NO3. The van der Waals surface area contributed by atoms with E-state index in [4.69, 9.17) is 21.1 Å². The molecule has 2 aromatic carbocycles. The Morgan fingerprint density at radius 2 is 1.94 bits per heavy atom. The lowest BCUT2D eigenvalue weighted by atomic mass is 9.98. The highest BCUT2D eigenvalue weighted by Crippen LogP contribution is 2.43. The molecule has 1 aliphatic carbocycles. The van der Waals surface area contributed by atoms with Crippen LogP contribution in [0.5, 0.6) is 5.75 Å². The van der Waals surface area contributed by atoms with Crippen LogP contribution in [0.25, 0.3) is 0 Å². The van der Waals surface area contributed by atoms with Crippen molar-refractivity contribution in [3.63, 3.8) is 0 Å². The smallest absolute Gasteiger partial charge is 0.341 e. The van der Waals surface area contributed by atoms with E-state index >= 15 is 0 Å². The topological polar surface area (TPSA) is 38.8 Å². The minimum atomic E-state index is -0.690. The largest absolute Gasteiger partial charge is 0.456 e. The van der Waals surface area contributed by atoms with Crippen LogP contribution >= 0.6 is 11.6 Å². The van der Waals surface area contributed by atoms with Gasteiger partial charge in [0, 0.05) is 19.3 Å². The molecule has 2 aliphatic rings. The van der Waals surface area contributed by atoms with Crippen LogP contribution in [-0.4, -0.2) is 23.0 Å². The third-order valence-corrected chi connectivity index (χ3v) is 5.63. The fourth-order valence-electron chi connectivity index (χ4n) is 3.64. The maximum atomic E-state index is 14.9. The molecule has 0 atom stereocenters. The molecular weight excluding hydrogens is 448 g/mol. The van der Waals surface area contributed by atoms with Gasteiger partial charge in [-0.25, -0.2) is 13.6 Å². The SMILES string of the molecule is CC(C)(C)OC(=O)c1cc(C2CC2)c(CN2C=CC(Oc3ccc(F)cc3Cl)=CC2)cc1F. The summed E-state index contributed by atoms with van der Waals surface area (Å²) in [6.07, 6.45) is 7.58. The minimum Gasteiger partial charge on any atom is -0.456 e. The van der Waals surface area contributed by atoms with Crippen LogP contribution in [-0.2, 0) is 11.3 Å². The van der Waals surface area contributed by atoms with Crippen molar-refractivity contribution in [1.82, 2.24) is 4.90 Å². The van der Waals surface area contributed by atoms with E-state index in [2.05, 4.69) is 0 Å². The summed E-state index contributed by atoms with van der Waals surface area (Å²) in [4.78, 5) is 14.5. The van der Waals surface area contributed by atoms with Crippen molar-refractivity contribution in [1.29, 1.82) is 0 Å². The Balaban J connectivity index is 1.46. The van der Waals surface area contributed by atoms with Gasteiger partial charge in [0.15, 0.2) is 0 Å². The molecule has 4 rings (SSSR count). The van der Waals surface area contributed by atoms with Crippen molar-refractivity contribution >= 4 is 17.6 Å². The molecule has 0 bridgehead atoms. The monoisotopic (exact) mass is 473 g/mol. The molecule has 1 fully saturated rings. The van der Waals surface area contributed by atoms with Gasteiger partial charge in [0.05, 0.1) is 10.6 Å². The van der Waals surface area contributed by atoms with Crippen molar-refractivity contribution < 1.29 is 23.0 Å². The average Bonchev–Trinajstić information content (AvgIpc) is 3.55. The van der Waals surface area contributed by atoms with Gasteiger partial charge in [-0.05, 0) is 93.1 Å². The molecule has 0 amide bonds. The van der Waals surface area contributed by atoms with Crippen LogP contribution in [0, 0.1) is 11.6 Å². The molecule has 0 saturated heterocycles. The molecule has 0 spiro atoms. The number of hydrogen-bond donors (Lipinski definition) is 0. The third-order valence-electron chi connectivity index (χ3n) is 5.34. The number of carbonyl (C=O) groups is 1. The molecule has 1 aliphatic heterocycles. The maximum Gasteiger partial charge on any atom is 0.341 e. The van der Waals surface area contributed by atoms with Crippen molar-refractivity contribution in [2.75, 3.05) is 6.54 Å². The molecule has 174 valence electrons. The molecule has 0 N–H and O–H groups in total. The predicted octanol–water partition coefficient (Wildman–Crippen LogP) is 6.74. The normalized spacial score (nSPS) is 15.9. The molecule has 2 aromatic rings. The summed E-state index contributed by atoms with van der Waals surface area (Å²) in [5.74, 6) is -0.341. The van der Waals surface area contributed by atoms with Gasteiger partial charge in [0.1, 0.15) is 28.7 Å². The van der Waals surface area contributed by atoms with Crippen LogP contribution in [0.4, 0.5) is 8.78 Å². The molecule has 7 heteroatoms. The van der Waals surface area contributed by atoms with Crippen molar-refractivity contribution in [2.45, 2.75) is 51.7 Å². The van der Waals surface area contributed by atoms with Crippen LogP contribution in [0.3, 0.4) is 0 Å². The van der Waals surface area contributed by atoms with Gasteiger partial charge >= 0.3 is 5.97 Å². The zero-order valence-corrected chi connectivity index (χ0v) is 19.6. The number of nitrogens with zero attached hydrogens (tertiary/aromatic N) is 1. The zero-order chi connectivity index (χ0) is 23.8. The number of allylic oxidation sites excluding steroid dienone is 1. The summed E-state index contributed by atoms with van der Waals surface area (Å²) in [5.41, 5.74) is 1.14. The molecule has 0 radical (unpaired) electrons. The number of rotatable bonds is 6. The van der Waals surface area contributed by atoms with Gasteiger partial charge in [-0.1, -0.05) is 11.6 Å². The van der Waals surface area contributed by atoms with E-state index < -0.39 is 23.2 Å². The summed E-state index contributed by atoms with van der Waals surface area (Å²) >= 11 is 6.03. The summed E-state index contributed by atoms with van der Waals surface area (Å²) in [6.45, 7) is 6.32. The van der Waals surface area contributed by atoms with Crippen molar-refractivity contribution in [3.8, 4) is 5.75 Å². The van der Waals surface area contributed by atoms with Gasteiger partial charge < -0.3 is 14.4 Å². The van der Waals surface area contributed by atoms with Crippen LogP contribution in [0.15, 0.2) is 54.4 Å². The van der Waals surface area contributed by atoms with Crippen LogP contribution in [0.2, 0.25) is 5.02 Å².